The number of hydrogen-bond donors (Lipinski definition) is 1. The molecule has 1 saturated heterocycles. The molecule has 0 aromatic heterocycles. The average Bonchev–Trinajstić information content (AvgIpc) is 2.76. The molecule has 0 unspecified atom stereocenters. The number of nitrogens with two attached hydrogens (primary N) is 1. The Morgan fingerprint density at radius 1 is 1.50 bits per heavy atom. The second-order valence-corrected chi connectivity index (χ2v) is 6.08. The van der Waals surface area contributed by atoms with Crippen LogP contribution in [0.4, 0.5) is 4.39 Å². The molecule has 0 bridgehead atoms. The lowest BCUT2D eigenvalue weighted by molar-refractivity contribution is 0.465. The van der Waals surface area contributed by atoms with Crippen LogP contribution in [-0.2, 0) is 10.0 Å². The van der Waals surface area contributed by atoms with Crippen LogP contribution < -0.4 is 5.73 Å². The summed E-state index contributed by atoms with van der Waals surface area (Å²) in [6, 6.07) is 4.87. The van der Waals surface area contributed by atoms with Crippen molar-refractivity contribution in [3.8, 4) is 6.07 Å². The highest BCUT2D eigenvalue weighted by atomic mass is 32.2. The highest BCUT2D eigenvalue weighted by Gasteiger charge is 2.32. The van der Waals surface area contributed by atoms with E-state index >= 15 is 0 Å². The molecule has 7 heteroatoms. The monoisotopic (exact) mass is 269 g/mol. The summed E-state index contributed by atoms with van der Waals surface area (Å²) < 4.78 is 39.2. The van der Waals surface area contributed by atoms with Gasteiger partial charge in [-0.3, -0.25) is 0 Å². The second kappa shape index (κ2) is 4.65. The molecule has 96 valence electrons. The van der Waals surface area contributed by atoms with Gasteiger partial charge in [0.1, 0.15) is 10.7 Å². The lowest BCUT2D eigenvalue weighted by atomic mass is 10.2. The molecule has 1 fully saturated rings. The van der Waals surface area contributed by atoms with Crippen molar-refractivity contribution in [1.29, 1.82) is 5.26 Å². The Morgan fingerprint density at radius 2 is 2.22 bits per heavy atom. The van der Waals surface area contributed by atoms with E-state index in [1.807, 2.05) is 0 Å². The zero-order chi connectivity index (χ0) is 13.3. The molecule has 0 amide bonds. The molecule has 5 nitrogen and oxygen atoms in total. The SMILES string of the molecule is N#Cc1ccc(S(=O)(=O)N2CC[C@@H](N)C2)c(F)c1. The molecule has 0 spiro atoms. The Morgan fingerprint density at radius 3 is 2.72 bits per heavy atom. The minimum atomic E-state index is -3.86. The molecule has 18 heavy (non-hydrogen) atoms. The predicted molar refractivity (Wildman–Crippen MR) is 62.5 cm³/mol. The van der Waals surface area contributed by atoms with E-state index in [1.165, 1.54) is 10.4 Å². The van der Waals surface area contributed by atoms with Crippen molar-refractivity contribution < 1.29 is 12.8 Å². The quantitative estimate of drug-likeness (QED) is 0.842. The first-order valence-corrected chi connectivity index (χ1v) is 6.84. The van der Waals surface area contributed by atoms with Crippen LogP contribution in [-0.4, -0.2) is 31.9 Å². The third-order valence-electron chi connectivity index (χ3n) is 2.87. The highest BCUT2D eigenvalue weighted by Crippen LogP contribution is 2.23. The first kappa shape index (κ1) is 13.0. The number of benzene rings is 1. The van der Waals surface area contributed by atoms with Gasteiger partial charge in [-0.05, 0) is 24.6 Å². The molecule has 1 heterocycles. The second-order valence-electron chi connectivity index (χ2n) is 4.17. The lowest BCUT2D eigenvalue weighted by Gasteiger charge is -2.16. The Kier molecular flexibility index (Phi) is 3.34. The summed E-state index contributed by atoms with van der Waals surface area (Å²) in [6.45, 7) is 0.491. The summed E-state index contributed by atoms with van der Waals surface area (Å²) in [6.07, 6.45) is 0.567. The highest BCUT2D eigenvalue weighted by molar-refractivity contribution is 7.89. The van der Waals surface area contributed by atoms with Gasteiger partial charge in [-0.25, -0.2) is 12.8 Å². The van der Waals surface area contributed by atoms with Gasteiger partial charge in [0.05, 0.1) is 11.6 Å². The number of rotatable bonds is 2. The van der Waals surface area contributed by atoms with Crippen LogP contribution in [0.1, 0.15) is 12.0 Å². The maximum atomic E-state index is 13.7. The van der Waals surface area contributed by atoms with Crippen LogP contribution in [0.2, 0.25) is 0 Å². The maximum absolute atomic E-state index is 13.7. The van der Waals surface area contributed by atoms with Crippen molar-refractivity contribution in [3.05, 3.63) is 29.6 Å². The normalized spacial score (nSPS) is 20.8. The predicted octanol–water partition coefficient (Wildman–Crippen LogP) is 0.419. The summed E-state index contributed by atoms with van der Waals surface area (Å²) in [7, 11) is -3.86. The first-order chi connectivity index (χ1) is 8.45. The Labute approximate surface area is 105 Å². The molecule has 1 atom stereocenters. The number of nitrogens with zero attached hydrogens (tertiary/aromatic N) is 2. The van der Waals surface area contributed by atoms with Gasteiger partial charge in [-0.2, -0.15) is 9.57 Å². The van der Waals surface area contributed by atoms with Gasteiger partial charge in [-0.15, -0.1) is 0 Å². The van der Waals surface area contributed by atoms with Crippen LogP contribution in [0.25, 0.3) is 0 Å². The van der Waals surface area contributed by atoms with Crippen molar-refractivity contribution >= 4 is 10.0 Å². The minimum absolute atomic E-state index is 0.0876. The van der Waals surface area contributed by atoms with Crippen molar-refractivity contribution in [3.63, 3.8) is 0 Å². The van der Waals surface area contributed by atoms with Gasteiger partial charge < -0.3 is 5.73 Å². The van der Waals surface area contributed by atoms with Gasteiger partial charge in [0.15, 0.2) is 0 Å². The Hall–Kier alpha value is -1.49. The molecule has 0 aliphatic carbocycles. The topological polar surface area (TPSA) is 87.2 Å². The molecule has 1 aliphatic rings. The molecule has 1 aromatic carbocycles. The fraction of sp³-hybridized carbons (Fsp3) is 0.364. The zero-order valence-electron chi connectivity index (χ0n) is 9.51. The van der Waals surface area contributed by atoms with Gasteiger partial charge in [0, 0.05) is 19.1 Å². The third-order valence-corrected chi connectivity index (χ3v) is 4.76. The molecule has 1 aromatic rings. The van der Waals surface area contributed by atoms with Crippen molar-refractivity contribution in [1.82, 2.24) is 4.31 Å². The van der Waals surface area contributed by atoms with Crippen molar-refractivity contribution in [2.24, 2.45) is 5.73 Å². The fourth-order valence-corrected chi connectivity index (χ4v) is 3.45. The first-order valence-electron chi connectivity index (χ1n) is 5.40. The van der Waals surface area contributed by atoms with Gasteiger partial charge in [0.2, 0.25) is 10.0 Å². The zero-order valence-corrected chi connectivity index (χ0v) is 10.3. The van der Waals surface area contributed by atoms with E-state index in [0.717, 1.165) is 12.1 Å². The summed E-state index contributed by atoms with van der Waals surface area (Å²) >= 11 is 0. The standard InChI is InChI=1S/C11H12FN3O2S/c12-10-5-8(6-13)1-2-11(10)18(16,17)15-4-3-9(14)7-15/h1-2,5,9H,3-4,7,14H2/t9-/m1/s1. The van der Waals surface area contributed by atoms with Gasteiger partial charge in [-0.1, -0.05) is 0 Å². The van der Waals surface area contributed by atoms with E-state index in [1.54, 1.807) is 6.07 Å². The molecular formula is C11H12FN3O2S. The molecule has 0 radical (unpaired) electrons. The lowest BCUT2D eigenvalue weighted by Crippen LogP contribution is -2.32. The van der Waals surface area contributed by atoms with Crippen LogP contribution in [0, 0.1) is 17.1 Å². The number of hydrogen-bond acceptors (Lipinski definition) is 4. The van der Waals surface area contributed by atoms with E-state index in [9.17, 15) is 12.8 Å². The van der Waals surface area contributed by atoms with Crippen LogP contribution in [0.5, 0.6) is 0 Å². The van der Waals surface area contributed by atoms with E-state index in [2.05, 4.69) is 0 Å². The van der Waals surface area contributed by atoms with Gasteiger partial charge in [0.25, 0.3) is 0 Å². The minimum Gasteiger partial charge on any atom is -0.326 e. The largest absolute Gasteiger partial charge is 0.326 e. The van der Waals surface area contributed by atoms with Crippen LogP contribution in [0.3, 0.4) is 0 Å². The summed E-state index contributed by atoms with van der Waals surface area (Å²) in [4.78, 5) is -0.407. The molecular weight excluding hydrogens is 257 g/mol. The maximum Gasteiger partial charge on any atom is 0.246 e. The van der Waals surface area contributed by atoms with E-state index < -0.39 is 20.7 Å². The molecule has 2 rings (SSSR count). The van der Waals surface area contributed by atoms with E-state index in [4.69, 9.17) is 11.0 Å². The number of halogens is 1. The summed E-state index contributed by atoms with van der Waals surface area (Å²) in [5.74, 6) is -0.908. The molecule has 0 saturated carbocycles. The van der Waals surface area contributed by atoms with Crippen molar-refractivity contribution in [2.75, 3.05) is 13.1 Å². The van der Waals surface area contributed by atoms with Gasteiger partial charge >= 0.3 is 0 Å². The van der Waals surface area contributed by atoms with Crippen molar-refractivity contribution in [2.45, 2.75) is 17.4 Å². The molecule has 2 N–H and O–H groups in total. The number of sulfonamides is 1. The summed E-state index contributed by atoms with van der Waals surface area (Å²) in [5.41, 5.74) is 5.73. The van der Waals surface area contributed by atoms with E-state index in [0.29, 0.717) is 13.0 Å². The van der Waals surface area contributed by atoms with Crippen LogP contribution >= 0.6 is 0 Å². The summed E-state index contributed by atoms with van der Waals surface area (Å²) in [5, 5.41) is 8.61. The Balaban J connectivity index is 2.39. The third kappa shape index (κ3) is 2.22. The van der Waals surface area contributed by atoms with Crippen LogP contribution in [0.15, 0.2) is 23.1 Å². The Bertz CT molecular complexity index is 609. The average molecular weight is 269 g/mol. The van der Waals surface area contributed by atoms with E-state index in [-0.39, 0.29) is 18.2 Å². The number of nitriles is 1. The fourth-order valence-electron chi connectivity index (χ4n) is 1.89. The molecule has 1 aliphatic heterocycles. The smallest absolute Gasteiger partial charge is 0.246 e.